The highest BCUT2D eigenvalue weighted by Crippen LogP contribution is 2.31. The monoisotopic (exact) mass is 507 g/mol. The Morgan fingerprint density at radius 2 is 1.95 bits per heavy atom. The zero-order valence-corrected chi connectivity index (χ0v) is 19.5. The topological polar surface area (TPSA) is 103 Å². The minimum Gasteiger partial charge on any atom is -0.344 e. The molecular formula is C26H20F3N5O3. The maximum atomic E-state index is 13.0. The fourth-order valence-corrected chi connectivity index (χ4v) is 4.15. The van der Waals surface area contributed by atoms with Crippen molar-refractivity contribution >= 4 is 11.5 Å². The zero-order chi connectivity index (χ0) is 26.2. The lowest BCUT2D eigenvalue weighted by molar-refractivity contribution is -0.137. The number of aromatic nitrogens is 4. The summed E-state index contributed by atoms with van der Waals surface area (Å²) in [6.45, 7) is 1.59. The van der Waals surface area contributed by atoms with Gasteiger partial charge >= 0.3 is 6.18 Å². The summed E-state index contributed by atoms with van der Waals surface area (Å²) in [5, 5.41) is 6.52. The van der Waals surface area contributed by atoms with E-state index in [-0.39, 0.29) is 17.9 Å². The summed E-state index contributed by atoms with van der Waals surface area (Å²) in [6, 6.07) is 10.6. The maximum absolute atomic E-state index is 13.0. The van der Waals surface area contributed by atoms with Crippen molar-refractivity contribution < 1.29 is 22.5 Å². The molecule has 0 aliphatic heterocycles. The van der Waals surface area contributed by atoms with Crippen molar-refractivity contribution in [3.63, 3.8) is 0 Å². The average molecular weight is 507 g/mol. The van der Waals surface area contributed by atoms with Gasteiger partial charge in [0.1, 0.15) is 5.56 Å². The van der Waals surface area contributed by atoms with Gasteiger partial charge in [-0.2, -0.15) is 18.2 Å². The van der Waals surface area contributed by atoms with Crippen LogP contribution in [0.25, 0.3) is 5.57 Å². The molecule has 0 fully saturated rings. The Morgan fingerprint density at radius 3 is 2.70 bits per heavy atom. The van der Waals surface area contributed by atoms with Gasteiger partial charge in [-0.05, 0) is 42.8 Å². The Hall–Kier alpha value is -4.54. The van der Waals surface area contributed by atoms with Crippen molar-refractivity contribution in [1.82, 2.24) is 25.0 Å². The third-order valence-electron chi connectivity index (χ3n) is 6.14. The van der Waals surface area contributed by atoms with Crippen molar-refractivity contribution in [2.24, 2.45) is 0 Å². The predicted octanol–water partition coefficient (Wildman–Crippen LogP) is 4.17. The Kier molecular flexibility index (Phi) is 6.20. The van der Waals surface area contributed by atoms with Crippen LogP contribution in [0.1, 0.15) is 57.4 Å². The van der Waals surface area contributed by atoms with Gasteiger partial charge in [-0.1, -0.05) is 29.4 Å². The first kappa shape index (κ1) is 24.2. The van der Waals surface area contributed by atoms with Gasteiger partial charge in [0.05, 0.1) is 23.8 Å². The molecule has 1 aliphatic carbocycles. The quantitative estimate of drug-likeness (QED) is 0.420. The van der Waals surface area contributed by atoms with Gasteiger partial charge in [0, 0.05) is 30.0 Å². The number of halogens is 3. The first-order valence-corrected chi connectivity index (χ1v) is 11.4. The van der Waals surface area contributed by atoms with Gasteiger partial charge in [-0.25, -0.2) is 0 Å². The van der Waals surface area contributed by atoms with Crippen LogP contribution in [-0.4, -0.2) is 25.6 Å². The molecule has 1 unspecified atom stereocenters. The SMILES string of the molecule is CC(c1ccc(C(F)(F)F)cc1)n1cccc(C(=O)NCc2noc(C3=CCc4ncccc43)n2)c1=O. The van der Waals surface area contributed by atoms with E-state index >= 15 is 0 Å². The standard InChI is InChI=1S/C26H20F3N5O3/c1-15(16-6-8-17(9-7-16)26(27,28)29)34-13-3-5-20(25(34)36)23(35)31-14-22-32-24(37-33-22)19-10-11-21-18(19)4-2-12-30-21/h2-10,12-13,15H,11,14H2,1H3,(H,31,35). The number of allylic oxidation sites excluding steroid dienone is 1. The summed E-state index contributed by atoms with van der Waals surface area (Å²) >= 11 is 0. The van der Waals surface area contributed by atoms with Gasteiger partial charge in [-0.15, -0.1) is 0 Å². The number of benzene rings is 1. The molecule has 5 rings (SSSR count). The molecule has 1 amide bonds. The lowest BCUT2D eigenvalue weighted by Crippen LogP contribution is -2.34. The number of alkyl halides is 3. The average Bonchev–Trinajstić information content (AvgIpc) is 3.53. The number of fused-ring (bicyclic) bond motifs is 1. The second kappa shape index (κ2) is 9.49. The summed E-state index contributed by atoms with van der Waals surface area (Å²) in [5.74, 6) is -0.0978. The van der Waals surface area contributed by atoms with Gasteiger partial charge in [0.2, 0.25) is 0 Å². The second-order valence-corrected chi connectivity index (χ2v) is 8.45. The number of nitrogens with zero attached hydrogens (tertiary/aromatic N) is 4. The summed E-state index contributed by atoms with van der Waals surface area (Å²) in [7, 11) is 0. The Balaban J connectivity index is 1.28. The third-order valence-corrected chi connectivity index (χ3v) is 6.14. The highest BCUT2D eigenvalue weighted by atomic mass is 19.4. The van der Waals surface area contributed by atoms with Crippen LogP contribution in [0.4, 0.5) is 13.2 Å². The highest BCUT2D eigenvalue weighted by Gasteiger charge is 2.30. The smallest absolute Gasteiger partial charge is 0.344 e. The van der Waals surface area contributed by atoms with Gasteiger partial charge < -0.3 is 14.4 Å². The Bertz CT molecular complexity index is 1550. The molecule has 11 heteroatoms. The Labute approximate surface area is 208 Å². The lowest BCUT2D eigenvalue weighted by Gasteiger charge is -2.17. The Morgan fingerprint density at radius 1 is 1.16 bits per heavy atom. The van der Waals surface area contributed by atoms with E-state index in [2.05, 4.69) is 20.4 Å². The summed E-state index contributed by atoms with van der Waals surface area (Å²) in [4.78, 5) is 34.4. The number of pyridine rings is 2. The molecule has 37 heavy (non-hydrogen) atoms. The second-order valence-electron chi connectivity index (χ2n) is 8.45. The van der Waals surface area contributed by atoms with Crippen LogP contribution in [0.5, 0.6) is 0 Å². The van der Waals surface area contributed by atoms with E-state index in [4.69, 9.17) is 4.52 Å². The fraction of sp³-hybridized carbons (Fsp3) is 0.192. The molecule has 0 saturated carbocycles. The maximum Gasteiger partial charge on any atom is 0.416 e. The van der Waals surface area contributed by atoms with Gasteiger partial charge in [0.25, 0.3) is 17.4 Å². The van der Waals surface area contributed by atoms with Crippen molar-refractivity contribution in [3.8, 4) is 0 Å². The molecule has 1 aliphatic rings. The van der Waals surface area contributed by atoms with Crippen LogP contribution in [0.3, 0.4) is 0 Å². The largest absolute Gasteiger partial charge is 0.416 e. The molecule has 1 atom stereocenters. The molecule has 0 bridgehead atoms. The molecule has 3 aromatic heterocycles. The number of hydrogen-bond acceptors (Lipinski definition) is 6. The molecule has 4 aromatic rings. The van der Waals surface area contributed by atoms with E-state index in [1.807, 2.05) is 18.2 Å². The van der Waals surface area contributed by atoms with Crippen LogP contribution in [0.15, 0.2) is 76.3 Å². The van der Waals surface area contributed by atoms with Gasteiger partial charge in [-0.3, -0.25) is 14.6 Å². The van der Waals surface area contributed by atoms with Crippen molar-refractivity contribution in [1.29, 1.82) is 0 Å². The normalized spacial score (nSPS) is 13.7. The summed E-state index contributed by atoms with van der Waals surface area (Å²) in [5.41, 5.74) is 1.61. The molecule has 1 N–H and O–H groups in total. The fourth-order valence-electron chi connectivity index (χ4n) is 4.15. The molecule has 0 saturated heterocycles. The summed E-state index contributed by atoms with van der Waals surface area (Å²) in [6.07, 6.45) is 1.34. The number of nitrogens with one attached hydrogen (secondary N) is 1. The zero-order valence-electron chi connectivity index (χ0n) is 19.5. The van der Waals surface area contributed by atoms with E-state index in [9.17, 15) is 22.8 Å². The first-order chi connectivity index (χ1) is 17.7. The number of rotatable bonds is 6. The van der Waals surface area contributed by atoms with Crippen LogP contribution >= 0.6 is 0 Å². The number of amides is 1. The minimum atomic E-state index is -4.45. The number of carbonyl (C=O) groups excluding carboxylic acids is 1. The molecule has 188 valence electrons. The van der Waals surface area contributed by atoms with Crippen molar-refractivity contribution in [2.45, 2.75) is 32.1 Å². The first-order valence-electron chi connectivity index (χ1n) is 11.4. The van der Waals surface area contributed by atoms with Gasteiger partial charge in [0.15, 0.2) is 5.82 Å². The van der Waals surface area contributed by atoms with E-state index in [0.29, 0.717) is 17.9 Å². The predicted molar refractivity (Wildman–Crippen MR) is 126 cm³/mol. The molecule has 3 heterocycles. The molecule has 0 spiro atoms. The molecule has 1 aromatic carbocycles. The molecule has 0 radical (unpaired) electrons. The molecule has 8 nitrogen and oxygen atoms in total. The third kappa shape index (κ3) is 4.80. The van der Waals surface area contributed by atoms with E-state index < -0.39 is 29.2 Å². The van der Waals surface area contributed by atoms with E-state index in [0.717, 1.165) is 29.0 Å². The lowest BCUT2D eigenvalue weighted by atomic mass is 10.1. The highest BCUT2D eigenvalue weighted by molar-refractivity contribution is 5.93. The van der Waals surface area contributed by atoms with Crippen molar-refractivity contribution in [2.75, 3.05) is 0 Å². The summed E-state index contributed by atoms with van der Waals surface area (Å²) < 4.78 is 45.2. The van der Waals surface area contributed by atoms with Crippen LogP contribution in [0.2, 0.25) is 0 Å². The minimum absolute atomic E-state index is 0.0711. The number of carbonyl (C=O) groups is 1. The van der Waals surface area contributed by atoms with E-state index in [1.165, 1.54) is 35.0 Å². The van der Waals surface area contributed by atoms with E-state index in [1.54, 1.807) is 13.1 Å². The number of hydrogen-bond donors (Lipinski definition) is 1. The van der Waals surface area contributed by atoms with Crippen LogP contribution < -0.4 is 10.9 Å². The van der Waals surface area contributed by atoms with Crippen molar-refractivity contribution in [3.05, 3.63) is 117 Å². The van der Waals surface area contributed by atoms with Crippen LogP contribution in [0, 0.1) is 0 Å². The molecular weight excluding hydrogens is 487 g/mol. The van der Waals surface area contributed by atoms with Crippen LogP contribution in [-0.2, 0) is 19.1 Å².